The number of amides is 2. The molecule has 3 nitrogen and oxygen atoms in total. The fourth-order valence-corrected chi connectivity index (χ4v) is 2.28. The van der Waals surface area contributed by atoms with E-state index in [1.54, 1.807) is 0 Å². The van der Waals surface area contributed by atoms with Crippen LogP contribution in [0.1, 0.15) is 37.7 Å². The lowest BCUT2D eigenvalue weighted by molar-refractivity contribution is 0.252. The first-order valence-corrected chi connectivity index (χ1v) is 7.03. The molecule has 0 saturated heterocycles. The van der Waals surface area contributed by atoms with Crippen molar-refractivity contribution in [2.75, 3.05) is 11.9 Å². The molecule has 1 aromatic carbocycles. The first-order valence-electron chi connectivity index (χ1n) is 7.03. The summed E-state index contributed by atoms with van der Waals surface area (Å²) in [5, 5.41) is 5.74. The summed E-state index contributed by atoms with van der Waals surface area (Å²) < 4.78 is 0. The van der Waals surface area contributed by atoms with Crippen LogP contribution in [0.4, 0.5) is 10.5 Å². The minimum Gasteiger partial charge on any atom is -0.338 e. The summed E-state index contributed by atoms with van der Waals surface area (Å²) in [6.07, 6.45) is 8.29. The number of carbonyl (C=O) groups excluding carboxylic acids is 1. The van der Waals surface area contributed by atoms with E-state index in [0.29, 0.717) is 6.54 Å². The lowest BCUT2D eigenvalue weighted by atomic mass is 9.97. The summed E-state index contributed by atoms with van der Waals surface area (Å²) in [6, 6.07) is 7.68. The zero-order valence-corrected chi connectivity index (χ0v) is 11.5. The molecule has 0 radical (unpaired) electrons. The molecule has 1 aromatic rings. The number of hydrogen-bond acceptors (Lipinski definition) is 1. The first kappa shape index (κ1) is 13.7. The molecule has 0 saturated carbocycles. The summed E-state index contributed by atoms with van der Waals surface area (Å²) >= 11 is 0. The van der Waals surface area contributed by atoms with Crippen LogP contribution in [-0.4, -0.2) is 12.6 Å². The first-order chi connectivity index (χ1) is 9.24. The van der Waals surface area contributed by atoms with Gasteiger partial charge in [0, 0.05) is 12.2 Å². The molecule has 0 bridgehead atoms. The molecule has 0 aromatic heterocycles. The molecular weight excluding hydrogens is 236 g/mol. The van der Waals surface area contributed by atoms with Crippen molar-refractivity contribution in [1.29, 1.82) is 0 Å². The molecule has 0 fully saturated rings. The highest BCUT2D eigenvalue weighted by Crippen LogP contribution is 2.19. The van der Waals surface area contributed by atoms with Gasteiger partial charge >= 0.3 is 6.03 Å². The lowest BCUT2D eigenvalue weighted by Gasteiger charge is -2.13. The number of rotatable bonds is 4. The van der Waals surface area contributed by atoms with E-state index in [1.165, 1.54) is 36.8 Å². The van der Waals surface area contributed by atoms with Crippen molar-refractivity contribution >= 4 is 11.7 Å². The Labute approximate surface area is 115 Å². The molecule has 102 valence electrons. The van der Waals surface area contributed by atoms with Crippen LogP contribution in [0.5, 0.6) is 0 Å². The third-order valence-corrected chi connectivity index (χ3v) is 3.43. The number of allylic oxidation sites excluding steroid dienone is 1. The Kier molecular flexibility index (Phi) is 5.01. The number of carbonyl (C=O) groups is 1. The van der Waals surface area contributed by atoms with E-state index in [9.17, 15) is 4.79 Å². The monoisotopic (exact) mass is 258 g/mol. The number of nitrogens with one attached hydrogen (secondary N) is 2. The van der Waals surface area contributed by atoms with Crippen LogP contribution in [0.25, 0.3) is 0 Å². The maximum atomic E-state index is 11.7. The van der Waals surface area contributed by atoms with Crippen molar-refractivity contribution < 1.29 is 4.79 Å². The molecule has 0 atom stereocenters. The van der Waals surface area contributed by atoms with E-state index in [-0.39, 0.29) is 6.03 Å². The summed E-state index contributed by atoms with van der Waals surface area (Å²) in [6.45, 7) is 2.74. The minimum atomic E-state index is -0.125. The summed E-state index contributed by atoms with van der Waals surface area (Å²) in [4.78, 5) is 11.7. The van der Waals surface area contributed by atoms with Gasteiger partial charge < -0.3 is 10.6 Å². The Morgan fingerprint density at radius 3 is 2.68 bits per heavy atom. The molecule has 0 aliphatic heterocycles. The Morgan fingerprint density at radius 1 is 1.21 bits per heavy atom. The number of hydrogen-bond donors (Lipinski definition) is 2. The highest BCUT2D eigenvalue weighted by molar-refractivity contribution is 5.89. The fourth-order valence-electron chi connectivity index (χ4n) is 2.28. The largest absolute Gasteiger partial charge is 0.338 e. The number of aryl methyl sites for hydroxylation is 1. The van der Waals surface area contributed by atoms with E-state index < -0.39 is 0 Å². The molecule has 1 aliphatic rings. The van der Waals surface area contributed by atoms with Crippen LogP contribution < -0.4 is 10.6 Å². The quantitative estimate of drug-likeness (QED) is 0.787. The highest BCUT2D eigenvalue weighted by Gasteiger charge is 2.05. The summed E-state index contributed by atoms with van der Waals surface area (Å²) in [5.41, 5.74) is 3.51. The van der Waals surface area contributed by atoms with E-state index in [1.807, 2.05) is 31.2 Å². The van der Waals surface area contributed by atoms with Gasteiger partial charge in [0.15, 0.2) is 0 Å². The lowest BCUT2D eigenvalue weighted by Crippen LogP contribution is -2.29. The van der Waals surface area contributed by atoms with Gasteiger partial charge in [-0.1, -0.05) is 29.3 Å². The molecule has 0 spiro atoms. The van der Waals surface area contributed by atoms with Crippen LogP contribution >= 0.6 is 0 Å². The van der Waals surface area contributed by atoms with Gasteiger partial charge in [-0.25, -0.2) is 4.79 Å². The van der Waals surface area contributed by atoms with E-state index in [4.69, 9.17) is 0 Å². The summed E-state index contributed by atoms with van der Waals surface area (Å²) in [5.74, 6) is 0. The molecule has 2 amide bonds. The van der Waals surface area contributed by atoms with Gasteiger partial charge in [-0.2, -0.15) is 0 Å². The van der Waals surface area contributed by atoms with Crippen LogP contribution in [0, 0.1) is 6.92 Å². The Bertz CT molecular complexity index is 448. The third kappa shape index (κ3) is 4.78. The maximum Gasteiger partial charge on any atom is 0.319 e. The molecule has 2 rings (SSSR count). The average Bonchev–Trinajstić information content (AvgIpc) is 2.43. The van der Waals surface area contributed by atoms with Crippen LogP contribution in [-0.2, 0) is 0 Å². The number of anilines is 1. The van der Waals surface area contributed by atoms with Gasteiger partial charge in [0.05, 0.1) is 0 Å². The molecule has 0 unspecified atom stereocenters. The number of urea groups is 1. The molecule has 0 heterocycles. The van der Waals surface area contributed by atoms with Gasteiger partial charge in [-0.3, -0.25) is 0 Å². The van der Waals surface area contributed by atoms with E-state index >= 15 is 0 Å². The Hall–Kier alpha value is -1.77. The van der Waals surface area contributed by atoms with Crippen LogP contribution in [0.15, 0.2) is 35.9 Å². The second kappa shape index (κ2) is 6.98. The smallest absolute Gasteiger partial charge is 0.319 e. The Balaban J connectivity index is 1.69. The van der Waals surface area contributed by atoms with Crippen molar-refractivity contribution in [3.8, 4) is 0 Å². The van der Waals surface area contributed by atoms with Gasteiger partial charge in [0.25, 0.3) is 0 Å². The topological polar surface area (TPSA) is 41.1 Å². The van der Waals surface area contributed by atoms with Crippen molar-refractivity contribution in [2.45, 2.75) is 39.0 Å². The van der Waals surface area contributed by atoms with Crippen molar-refractivity contribution in [1.82, 2.24) is 5.32 Å². The van der Waals surface area contributed by atoms with Gasteiger partial charge in [-0.05, 0) is 51.2 Å². The van der Waals surface area contributed by atoms with Gasteiger partial charge in [-0.15, -0.1) is 0 Å². The predicted octanol–water partition coefficient (Wildman–Crippen LogP) is 4.01. The van der Waals surface area contributed by atoms with Crippen LogP contribution in [0.2, 0.25) is 0 Å². The maximum absolute atomic E-state index is 11.7. The number of benzene rings is 1. The standard InChI is InChI=1S/C16H22N2O/c1-13-7-9-15(10-8-13)18-16(19)17-12-11-14-5-3-2-4-6-14/h5,7-10H,2-4,6,11-12H2,1H3,(H2,17,18,19). The van der Waals surface area contributed by atoms with Crippen molar-refractivity contribution in [3.05, 3.63) is 41.5 Å². The van der Waals surface area contributed by atoms with E-state index in [0.717, 1.165) is 12.1 Å². The van der Waals surface area contributed by atoms with Crippen LogP contribution in [0.3, 0.4) is 0 Å². The Morgan fingerprint density at radius 2 is 2.00 bits per heavy atom. The third-order valence-electron chi connectivity index (χ3n) is 3.43. The summed E-state index contributed by atoms with van der Waals surface area (Å²) in [7, 11) is 0. The predicted molar refractivity (Wildman–Crippen MR) is 79.4 cm³/mol. The molecular formula is C16H22N2O. The van der Waals surface area contributed by atoms with Gasteiger partial charge in [0.2, 0.25) is 0 Å². The SMILES string of the molecule is Cc1ccc(NC(=O)NCCC2=CCCCC2)cc1. The molecule has 19 heavy (non-hydrogen) atoms. The van der Waals surface area contributed by atoms with Crippen molar-refractivity contribution in [3.63, 3.8) is 0 Å². The second-order valence-corrected chi connectivity index (χ2v) is 5.11. The van der Waals surface area contributed by atoms with E-state index in [2.05, 4.69) is 16.7 Å². The molecule has 2 N–H and O–H groups in total. The molecule has 1 aliphatic carbocycles. The highest BCUT2D eigenvalue weighted by atomic mass is 16.2. The average molecular weight is 258 g/mol. The van der Waals surface area contributed by atoms with Gasteiger partial charge in [0.1, 0.15) is 0 Å². The minimum absolute atomic E-state index is 0.125. The zero-order chi connectivity index (χ0) is 13.5. The second-order valence-electron chi connectivity index (χ2n) is 5.11. The zero-order valence-electron chi connectivity index (χ0n) is 11.5. The fraction of sp³-hybridized carbons (Fsp3) is 0.438. The normalized spacial score (nSPS) is 14.7. The molecule has 3 heteroatoms. The van der Waals surface area contributed by atoms with Crippen molar-refractivity contribution in [2.24, 2.45) is 0 Å².